The van der Waals surface area contributed by atoms with Crippen LogP contribution in [0.5, 0.6) is 0 Å². The Balaban J connectivity index is 0.000000605. The lowest BCUT2D eigenvalue weighted by Crippen LogP contribution is -1.84. The molecule has 0 atom stereocenters. The summed E-state index contributed by atoms with van der Waals surface area (Å²) in [5, 5.41) is 0. The minimum absolute atomic E-state index is 0. The first-order chi connectivity index (χ1) is 4.86. The van der Waals surface area contributed by atoms with Gasteiger partial charge in [0.05, 0.1) is 11.0 Å². The Bertz CT molecular complexity index is 325. The number of anilines is 1. The van der Waals surface area contributed by atoms with Gasteiger partial charge in [-0.3, -0.25) is 0 Å². The van der Waals surface area contributed by atoms with Gasteiger partial charge in [0.2, 0.25) is 0 Å². The fourth-order valence-corrected chi connectivity index (χ4v) is 0.973. The molecule has 2 aromatic rings. The van der Waals surface area contributed by atoms with E-state index in [-0.39, 0.29) is 34.0 Å². The van der Waals surface area contributed by atoms with E-state index < -0.39 is 0 Å². The zero-order valence-electron chi connectivity index (χ0n) is 6.15. The van der Waals surface area contributed by atoms with E-state index in [1.54, 1.807) is 0 Å². The molecular formula is C7H9Br2N3. The van der Waals surface area contributed by atoms with E-state index in [9.17, 15) is 0 Å². The van der Waals surface area contributed by atoms with Crippen molar-refractivity contribution in [3.05, 3.63) is 24.3 Å². The van der Waals surface area contributed by atoms with Crippen molar-refractivity contribution in [2.75, 3.05) is 5.73 Å². The topological polar surface area (TPSA) is 54.7 Å². The van der Waals surface area contributed by atoms with Crippen molar-refractivity contribution >= 4 is 50.9 Å². The summed E-state index contributed by atoms with van der Waals surface area (Å²) in [6.07, 6.45) is 0. The van der Waals surface area contributed by atoms with Crippen LogP contribution in [0.2, 0.25) is 0 Å². The fraction of sp³-hybridized carbons (Fsp3) is 0. The summed E-state index contributed by atoms with van der Waals surface area (Å²) in [6.45, 7) is 0. The molecule has 0 radical (unpaired) electrons. The van der Waals surface area contributed by atoms with Gasteiger partial charge in [0, 0.05) is 0 Å². The number of benzene rings is 1. The lowest BCUT2D eigenvalue weighted by atomic mass is 10.3. The predicted molar refractivity (Wildman–Crippen MR) is 61.2 cm³/mol. The normalized spacial score (nSPS) is 8.67. The lowest BCUT2D eigenvalue weighted by molar-refractivity contribution is 1.35. The Hall–Kier alpha value is -0.550. The van der Waals surface area contributed by atoms with E-state index in [4.69, 9.17) is 5.73 Å². The summed E-state index contributed by atoms with van der Waals surface area (Å²) < 4.78 is 0. The van der Waals surface area contributed by atoms with E-state index in [1.807, 2.05) is 24.3 Å². The SMILES string of the molecule is Br.Br.Nc1nc2ccccc2[nH]1. The van der Waals surface area contributed by atoms with Crippen LogP contribution in [0.15, 0.2) is 24.3 Å². The van der Waals surface area contributed by atoms with Gasteiger partial charge in [-0.25, -0.2) is 4.98 Å². The molecule has 12 heavy (non-hydrogen) atoms. The van der Waals surface area contributed by atoms with Crippen LogP contribution in [-0.2, 0) is 0 Å². The number of nitrogens with two attached hydrogens (primary N) is 1. The first kappa shape index (κ1) is 11.4. The third kappa shape index (κ3) is 1.98. The van der Waals surface area contributed by atoms with Crippen LogP contribution >= 0.6 is 34.0 Å². The van der Waals surface area contributed by atoms with E-state index in [0.29, 0.717) is 5.95 Å². The van der Waals surface area contributed by atoms with Gasteiger partial charge in [-0.1, -0.05) is 12.1 Å². The van der Waals surface area contributed by atoms with Crippen LogP contribution in [-0.4, -0.2) is 9.97 Å². The molecule has 1 heterocycles. The number of para-hydroxylation sites is 2. The average Bonchev–Trinajstić information content (AvgIpc) is 2.27. The summed E-state index contributed by atoms with van der Waals surface area (Å²) in [5.74, 6) is 0.473. The molecule has 0 amide bonds. The number of aromatic amines is 1. The number of imidazole rings is 1. The van der Waals surface area contributed by atoms with Crippen molar-refractivity contribution in [2.24, 2.45) is 0 Å². The zero-order valence-corrected chi connectivity index (χ0v) is 9.58. The van der Waals surface area contributed by atoms with Crippen molar-refractivity contribution in [2.45, 2.75) is 0 Å². The summed E-state index contributed by atoms with van der Waals surface area (Å²) in [5.41, 5.74) is 7.33. The van der Waals surface area contributed by atoms with Gasteiger partial charge in [-0.05, 0) is 12.1 Å². The molecule has 0 aliphatic rings. The van der Waals surface area contributed by atoms with Crippen LogP contribution in [0.25, 0.3) is 11.0 Å². The molecule has 0 saturated heterocycles. The Morgan fingerprint density at radius 2 is 1.83 bits per heavy atom. The van der Waals surface area contributed by atoms with Gasteiger partial charge in [-0.15, -0.1) is 34.0 Å². The number of hydrogen-bond acceptors (Lipinski definition) is 2. The Morgan fingerprint density at radius 3 is 2.50 bits per heavy atom. The van der Waals surface area contributed by atoms with Crippen LogP contribution in [0, 0.1) is 0 Å². The highest BCUT2D eigenvalue weighted by molar-refractivity contribution is 8.93. The monoisotopic (exact) mass is 293 g/mol. The number of fused-ring (bicyclic) bond motifs is 1. The first-order valence-electron chi connectivity index (χ1n) is 3.06. The third-order valence-corrected chi connectivity index (χ3v) is 1.41. The second-order valence-electron chi connectivity index (χ2n) is 2.14. The summed E-state index contributed by atoms with van der Waals surface area (Å²) in [4.78, 5) is 6.96. The molecule has 5 heteroatoms. The standard InChI is InChI=1S/C7H7N3.2BrH/c8-7-9-5-3-1-2-4-6(5)10-7;;/h1-4H,(H3,8,9,10);2*1H. The maximum Gasteiger partial charge on any atom is 0.198 e. The minimum Gasteiger partial charge on any atom is -0.369 e. The zero-order chi connectivity index (χ0) is 6.97. The molecule has 3 nitrogen and oxygen atoms in total. The number of nitrogen functional groups attached to an aromatic ring is 1. The van der Waals surface area contributed by atoms with E-state index in [2.05, 4.69) is 9.97 Å². The summed E-state index contributed by atoms with van der Waals surface area (Å²) >= 11 is 0. The van der Waals surface area contributed by atoms with E-state index in [0.717, 1.165) is 11.0 Å². The number of H-pyrrole nitrogens is 1. The largest absolute Gasteiger partial charge is 0.369 e. The number of halogens is 2. The molecule has 2 rings (SSSR count). The molecule has 0 fully saturated rings. The molecule has 3 N–H and O–H groups in total. The van der Waals surface area contributed by atoms with E-state index in [1.165, 1.54) is 0 Å². The Labute approximate surface area is 90.9 Å². The van der Waals surface area contributed by atoms with Crippen molar-refractivity contribution in [3.63, 3.8) is 0 Å². The maximum atomic E-state index is 5.42. The third-order valence-electron chi connectivity index (χ3n) is 1.41. The van der Waals surface area contributed by atoms with Crippen LogP contribution < -0.4 is 5.73 Å². The van der Waals surface area contributed by atoms with Gasteiger partial charge in [0.15, 0.2) is 5.95 Å². The highest BCUT2D eigenvalue weighted by Gasteiger charge is 1.94. The van der Waals surface area contributed by atoms with Gasteiger partial charge < -0.3 is 10.7 Å². The predicted octanol–water partition coefficient (Wildman–Crippen LogP) is 2.30. The highest BCUT2D eigenvalue weighted by atomic mass is 79.9. The molecule has 0 bridgehead atoms. The molecule has 0 aliphatic heterocycles. The molecule has 0 spiro atoms. The minimum atomic E-state index is 0. The van der Waals surface area contributed by atoms with Gasteiger partial charge in [-0.2, -0.15) is 0 Å². The lowest BCUT2D eigenvalue weighted by Gasteiger charge is -1.81. The van der Waals surface area contributed by atoms with Crippen LogP contribution in [0.4, 0.5) is 5.95 Å². The van der Waals surface area contributed by atoms with Crippen molar-refractivity contribution in [3.8, 4) is 0 Å². The fourth-order valence-electron chi connectivity index (χ4n) is 0.973. The maximum absolute atomic E-state index is 5.42. The Morgan fingerprint density at radius 1 is 1.17 bits per heavy atom. The average molecular weight is 295 g/mol. The molecule has 0 unspecified atom stereocenters. The summed E-state index contributed by atoms with van der Waals surface area (Å²) in [6, 6.07) is 7.74. The number of nitrogens with zero attached hydrogens (tertiary/aromatic N) is 1. The number of aromatic nitrogens is 2. The molecule has 0 saturated carbocycles. The smallest absolute Gasteiger partial charge is 0.198 e. The first-order valence-corrected chi connectivity index (χ1v) is 3.06. The second kappa shape index (κ2) is 4.47. The number of nitrogens with one attached hydrogen (secondary N) is 1. The van der Waals surface area contributed by atoms with Crippen molar-refractivity contribution in [1.82, 2.24) is 9.97 Å². The molecule has 1 aromatic carbocycles. The molecule has 1 aromatic heterocycles. The molecule has 66 valence electrons. The number of hydrogen-bond donors (Lipinski definition) is 2. The Kier molecular flexibility index (Phi) is 4.26. The van der Waals surface area contributed by atoms with Gasteiger partial charge >= 0.3 is 0 Å². The van der Waals surface area contributed by atoms with Gasteiger partial charge in [0.25, 0.3) is 0 Å². The van der Waals surface area contributed by atoms with Crippen molar-refractivity contribution in [1.29, 1.82) is 0 Å². The highest BCUT2D eigenvalue weighted by Crippen LogP contribution is 2.10. The number of rotatable bonds is 0. The second-order valence-corrected chi connectivity index (χ2v) is 2.14. The van der Waals surface area contributed by atoms with E-state index >= 15 is 0 Å². The molecular weight excluding hydrogens is 286 g/mol. The molecule has 0 aliphatic carbocycles. The van der Waals surface area contributed by atoms with Gasteiger partial charge in [0.1, 0.15) is 0 Å². The van der Waals surface area contributed by atoms with Crippen LogP contribution in [0.3, 0.4) is 0 Å². The quantitative estimate of drug-likeness (QED) is 0.783. The van der Waals surface area contributed by atoms with Crippen LogP contribution in [0.1, 0.15) is 0 Å². The van der Waals surface area contributed by atoms with Crippen molar-refractivity contribution < 1.29 is 0 Å². The summed E-state index contributed by atoms with van der Waals surface area (Å²) in [7, 11) is 0.